The van der Waals surface area contributed by atoms with Crippen LogP contribution in [0.1, 0.15) is 0 Å². The maximum Gasteiger partial charge on any atom is 0.573 e. The molecule has 15 heavy (non-hydrogen) atoms. The molecule has 0 aliphatic rings. The van der Waals surface area contributed by atoms with Crippen molar-refractivity contribution in [2.45, 2.75) is 6.36 Å². The highest BCUT2D eigenvalue weighted by Gasteiger charge is 2.32. The summed E-state index contributed by atoms with van der Waals surface area (Å²) in [6, 6.07) is 4.39. The number of H-pyrrole nitrogens is 1. The van der Waals surface area contributed by atoms with Crippen molar-refractivity contribution in [3.63, 3.8) is 0 Å². The monoisotopic (exact) mass is 328 g/mol. The highest BCUT2D eigenvalue weighted by Crippen LogP contribution is 2.30. The standard InChI is InChI=1S/C8H4F3IN2O/c9-8(10,11)15-5-3-1-2-4-6(5)13-14-7(4)12/h1-3H,(H,13,14). The van der Waals surface area contributed by atoms with Gasteiger partial charge in [-0.1, -0.05) is 6.07 Å². The van der Waals surface area contributed by atoms with E-state index in [1.165, 1.54) is 12.1 Å². The molecule has 0 fully saturated rings. The second kappa shape index (κ2) is 3.54. The molecule has 0 aliphatic carbocycles. The molecule has 0 atom stereocenters. The van der Waals surface area contributed by atoms with E-state index in [0.29, 0.717) is 9.09 Å². The van der Waals surface area contributed by atoms with Gasteiger partial charge in [0.15, 0.2) is 5.75 Å². The Kier molecular flexibility index (Phi) is 2.49. The van der Waals surface area contributed by atoms with Crippen molar-refractivity contribution < 1.29 is 17.9 Å². The molecule has 1 heterocycles. The lowest BCUT2D eigenvalue weighted by Crippen LogP contribution is -2.17. The van der Waals surface area contributed by atoms with Crippen molar-refractivity contribution in [1.82, 2.24) is 10.2 Å². The largest absolute Gasteiger partial charge is 0.573 e. The molecular formula is C8H4F3IN2O. The minimum Gasteiger partial charge on any atom is -0.403 e. The number of alkyl halides is 3. The van der Waals surface area contributed by atoms with Gasteiger partial charge in [-0.05, 0) is 34.7 Å². The quantitative estimate of drug-likeness (QED) is 0.817. The maximum absolute atomic E-state index is 12.0. The van der Waals surface area contributed by atoms with Crippen molar-refractivity contribution in [3.05, 3.63) is 21.9 Å². The van der Waals surface area contributed by atoms with Gasteiger partial charge in [-0.2, -0.15) is 5.10 Å². The molecule has 0 amide bonds. The SMILES string of the molecule is FC(F)(F)Oc1cccc2c(I)[nH]nc12. The second-order valence-corrected chi connectivity index (χ2v) is 3.82. The molecule has 7 heteroatoms. The zero-order valence-electron chi connectivity index (χ0n) is 7.10. The molecule has 3 nitrogen and oxygen atoms in total. The van der Waals surface area contributed by atoms with E-state index >= 15 is 0 Å². The number of aromatic nitrogens is 2. The van der Waals surface area contributed by atoms with Gasteiger partial charge >= 0.3 is 6.36 Å². The van der Waals surface area contributed by atoms with Crippen LogP contribution in [0.15, 0.2) is 18.2 Å². The van der Waals surface area contributed by atoms with Gasteiger partial charge in [-0.3, -0.25) is 5.10 Å². The van der Waals surface area contributed by atoms with Crippen LogP contribution in [0.2, 0.25) is 0 Å². The maximum atomic E-state index is 12.0. The molecule has 0 unspecified atom stereocenters. The topological polar surface area (TPSA) is 37.9 Å². The number of halogens is 4. The first kappa shape index (κ1) is 10.5. The van der Waals surface area contributed by atoms with Crippen LogP contribution in [0.5, 0.6) is 5.75 Å². The number of hydrogen-bond acceptors (Lipinski definition) is 2. The zero-order chi connectivity index (χ0) is 11.1. The first-order chi connectivity index (χ1) is 6.97. The van der Waals surface area contributed by atoms with Gasteiger partial charge in [0.1, 0.15) is 9.22 Å². The van der Waals surface area contributed by atoms with Gasteiger partial charge in [0, 0.05) is 5.39 Å². The Balaban J connectivity index is 2.52. The molecule has 0 saturated carbocycles. The van der Waals surface area contributed by atoms with E-state index in [2.05, 4.69) is 14.9 Å². The Bertz CT molecular complexity index is 494. The third-order valence-electron chi connectivity index (χ3n) is 1.73. The molecule has 1 aromatic heterocycles. The van der Waals surface area contributed by atoms with Crippen LogP contribution in [0.3, 0.4) is 0 Å². The predicted molar refractivity (Wildman–Crippen MR) is 55.5 cm³/mol. The molecule has 2 aromatic rings. The first-order valence-electron chi connectivity index (χ1n) is 3.86. The average Bonchev–Trinajstić information content (AvgIpc) is 2.47. The Morgan fingerprint density at radius 1 is 1.33 bits per heavy atom. The summed E-state index contributed by atoms with van der Waals surface area (Å²) in [5.41, 5.74) is 0.180. The van der Waals surface area contributed by atoms with E-state index in [0.717, 1.165) is 0 Å². The second-order valence-electron chi connectivity index (χ2n) is 2.74. The summed E-state index contributed by atoms with van der Waals surface area (Å²) in [5.74, 6) is -0.292. The molecule has 0 radical (unpaired) electrons. The van der Waals surface area contributed by atoms with Crippen molar-refractivity contribution in [2.75, 3.05) is 0 Å². The van der Waals surface area contributed by atoms with E-state index in [4.69, 9.17) is 0 Å². The number of para-hydroxylation sites is 1. The Morgan fingerprint density at radius 2 is 2.07 bits per heavy atom. The smallest absolute Gasteiger partial charge is 0.403 e. The summed E-state index contributed by atoms with van der Waals surface area (Å²) in [7, 11) is 0. The van der Waals surface area contributed by atoms with Gasteiger partial charge in [0.25, 0.3) is 0 Å². The number of hydrogen-bond donors (Lipinski definition) is 1. The normalized spacial score (nSPS) is 12.0. The van der Waals surface area contributed by atoms with E-state index in [-0.39, 0.29) is 11.3 Å². The minimum absolute atomic E-state index is 0.180. The number of fused-ring (bicyclic) bond motifs is 1. The predicted octanol–water partition coefficient (Wildman–Crippen LogP) is 3.07. The number of nitrogens with one attached hydrogen (secondary N) is 1. The fourth-order valence-corrected chi connectivity index (χ4v) is 1.74. The third-order valence-corrected chi connectivity index (χ3v) is 2.55. The van der Waals surface area contributed by atoms with Gasteiger partial charge in [0.2, 0.25) is 0 Å². The van der Waals surface area contributed by atoms with Crippen molar-refractivity contribution in [3.8, 4) is 5.75 Å². The Hall–Kier alpha value is -0.990. The number of aromatic amines is 1. The highest BCUT2D eigenvalue weighted by molar-refractivity contribution is 14.1. The molecule has 2 rings (SSSR count). The van der Waals surface area contributed by atoms with Crippen LogP contribution in [-0.2, 0) is 0 Å². The lowest BCUT2D eigenvalue weighted by atomic mass is 10.2. The summed E-state index contributed by atoms with van der Waals surface area (Å²) in [5, 5.41) is 6.95. The molecule has 0 saturated heterocycles. The van der Waals surface area contributed by atoms with Crippen LogP contribution in [-0.4, -0.2) is 16.6 Å². The van der Waals surface area contributed by atoms with Gasteiger partial charge < -0.3 is 4.74 Å². The summed E-state index contributed by atoms with van der Waals surface area (Å²) >= 11 is 1.95. The molecule has 0 spiro atoms. The lowest BCUT2D eigenvalue weighted by Gasteiger charge is -2.08. The van der Waals surface area contributed by atoms with Crippen molar-refractivity contribution in [2.24, 2.45) is 0 Å². The van der Waals surface area contributed by atoms with E-state index in [1.54, 1.807) is 6.07 Å². The Labute approximate surface area is 95.7 Å². The van der Waals surface area contributed by atoms with Crippen LogP contribution < -0.4 is 4.74 Å². The zero-order valence-corrected chi connectivity index (χ0v) is 9.26. The number of nitrogens with zero attached hydrogens (tertiary/aromatic N) is 1. The van der Waals surface area contributed by atoms with Gasteiger partial charge in [0.05, 0.1) is 0 Å². The van der Waals surface area contributed by atoms with Crippen LogP contribution in [0.4, 0.5) is 13.2 Å². The molecule has 1 N–H and O–H groups in total. The van der Waals surface area contributed by atoms with Crippen LogP contribution in [0, 0.1) is 3.70 Å². The van der Waals surface area contributed by atoms with Crippen LogP contribution in [0.25, 0.3) is 10.9 Å². The molecule has 0 bridgehead atoms. The highest BCUT2D eigenvalue weighted by atomic mass is 127. The molecular weight excluding hydrogens is 324 g/mol. The van der Waals surface area contributed by atoms with Gasteiger partial charge in [-0.25, -0.2) is 0 Å². The van der Waals surface area contributed by atoms with Crippen LogP contribution >= 0.6 is 22.6 Å². The fourth-order valence-electron chi connectivity index (χ4n) is 1.19. The lowest BCUT2D eigenvalue weighted by molar-refractivity contribution is -0.274. The number of rotatable bonds is 1. The summed E-state index contributed by atoms with van der Waals surface area (Å²) in [4.78, 5) is 0. The van der Waals surface area contributed by atoms with E-state index in [9.17, 15) is 13.2 Å². The number of benzene rings is 1. The molecule has 0 aliphatic heterocycles. The Morgan fingerprint density at radius 3 is 2.73 bits per heavy atom. The number of ether oxygens (including phenoxy) is 1. The summed E-state index contributed by atoms with van der Waals surface area (Å²) < 4.78 is 40.6. The average molecular weight is 328 g/mol. The fraction of sp³-hybridized carbons (Fsp3) is 0.125. The van der Waals surface area contributed by atoms with Crippen molar-refractivity contribution >= 4 is 33.5 Å². The van der Waals surface area contributed by atoms with E-state index in [1.807, 2.05) is 22.6 Å². The minimum atomic E-state index is -4.70. The van der Waals surface area contributed by atoms with Crippen molar-refractivity contribution in [1.29, 1.82) is 0 Å². The summed E-state index contributed by atoms with van der Waals surface area (Å²) in [6.07, 6.45) is -4.70. The third kappa shape index (κ3) is 2.16. The first-order valence-corrected chi connectivity index (χ1v) is 4.93. The molecule has 80 valence electrons. The molecule has 1 aromatic carbocycles. The summed E-state index contributed by atoms with van der Waals surface area (Å²) in [6.45, 7) is 0. The van der Waals surface area contributed by atoms with E-state index < -0.39 is 6.36 Å². The van der Waals surface area contributed by atoms with Gasteiger partial charge in [-0.15, -0.1) is 13.2 Å².